The Morgan fingerprint density at radius 3 is 2.47 bits per heavy atom. The number of rotatable bonds is 11. The molecule has 36 heavy (non-hydrogen) atoms. The lowest BCUT2D eigenvalue weighted by Gasteiger charge is -2.37. The van der Waals surface area contributed by atoms with Gasteiger partial charge in [-0.15, -0.1) is 0 Å². The highest BCUT2D eigenvalue weighted by atomic mass is 32.2. The van der Waals surface area contributed by atoms with Crippen molar-refractivity contribution in [2.45, 2.75) is 49.1 Å². The van der Waals surface area contributed by atoms with Gasteiger partial charge < -0.3 is 19.5 Å². The zero-order chi connectivity index (χ0) is 25.5. The summed E-state index contributed by atoms with van der Waals surface area (Å²) >= 11 is 0. The third-order valence-electron chi connectivity index (χ3n) is 7.07. The molecule has 2 fully saturated rings. The number of nitrogens with zero attached hydrogens (tertiary/aromatic N) is 2. The highest BCUT2D eigenvalue weighted by Crippen LogP contribution is 2.28. The maximum absolute atomic E-state index is 13.6. The summed E-state index contributed by atoms with van der Waals surface area (Å²) in [5, 5.41) is 11.1. The molecule has 1 unspecified atom stereocenters. The summed E-state index contributed by atoms with van der Waals surface area (Å²) in [6.07, 6.45) is 3.72. The van der Waals surface area contributed by atoms with E-state index in [4.69, 9.17) is 9.47 Å². The van der Waals surface area contributed by atoms with Crippen molar-refractivity contribution < 1.29 is 27.8 Å². The van der Waals surface area contributed by atoms with Crippen LogP contribution >= 0.6 is 0 Å². The molecule has 0 radical (unpaired) electrons. The van der Waals surface area contributed by atoms with Crippen molar-refractivity contribution in [1.82, 2.24) is 9.21 Å². The first kappa shape index (κ1) is 26.6. The lowest BCUT2D eigenvalue weighted by Crippen LogP contribution is -2.54. The summed E-state index contributed by atoms with van der Waals surface area (Å²) in [5.41, 5.74) is 1.07. The molecular weight excluding hydrogens is 480 g/mol. The molecule has 9 heteroatoms. The predicted octanol–water partition coefficient (Wildman–Crippen LogP) is 2.71. The van der Waals surface area contributed by atoms with Gasteiger partial charge in [-0.1, -0.05) is 43.2 Å². The number of carbonyl (C=O) groups is 1. The molecule has 8 nitrogen and oxygen atoms in total. The van der Waals surface area contributed by atoms with Crippen LogP contribution in [0.5, 0.6) is 5.75 Å². The summed E-state index contributed by atoms with van der Waals surface area (Å²) in [7, 11) is -2.30. The molecular formula is C27H36N2O6S. The van der Waals surface area contributed by atoms with Crippen LogP contribution in [-0.4, -0.2) is 80.7 Å². The van der Waals surface area contributed by atoms with Crippen molar-refractivity contribution in [1.29, 1.82) is 0 Å². The third-order valence-corrected chi connectivity index (χ3v) is 8.91. The standard InChI is InChI=1S/C27H36N2O6S/c1-34-25-11-13-26(14-12-25)36(32,33)28(16-22-9-5-6-10-22)17-24(30)18-29-23(19-35-20-27(29)31)15-21-7-3-2-4-8-21/h2-4,7-8,11-14,22-24,30H,5-6,9-10,15-20H2,1H3/t23-,24?/m0/s1. The van der Waals surface area contributed by atoms with Crippen LogP contribution in [0.2, 0.25) is 0 Å². The van der Waals surface area contributed by atoms with Crippen molar-refractivity contribution >= 4 is 15.9 Å². The maximum atomic E-state index is 13.6. The van der Waals surface area contributed by atoms with Crippen molar-refractivity contribution in [2.75, 3.05) is 40.0 Å². The summed E-state index contributed by atoms with van der Waals surface area (Å²) in [5.74, 6) is 0.647. The van der Waals surface area contributed by atoms with Crippen LogP contribution in [0.25, 0.3) is 0 Å². The topological polar surface area (TPSA) is 96.4 Å². The fourth-order valence-electron chi connectivity index (χ4n) is 5.13. The lowest BCUT2D eigenvalue weighted by molar-refractivity contribution is -0.150. The number of amides is 1. The highest BCUT2D eigenvalue weighted by molar-refractivity contribution is 7.89. The van der Waals surface area contributed by atoms with E-state index in [-0.39, 0.29) is 42.5 Å². The zero-order valence-corrected chi connectivity index (χ0v) is 21.6. The molecule has 2 aliphatic rings. The molecule has 1 N–H and O–H groups in total. The first-order chi connectivity index (χ1) is 17.4. The molecule has 1 saturated heterocycles. The van der Waals surface area contributed by atoms with Crippen molar-refractivity contribution in [3.63, 3.8) is 0 Å². The first-order valence-electron chi connectivity index (χ1n) is 12.6. The van der Waals surface area contributed by atoms with Crippen LogP contribution in [0.1, 0.15) is 31.2 Å². The van der Waals surface area contributed by atoms with Gasteiger partial charge in [0, 0.05) is 19.6 Å². The fraction of sp³-hybridized carbons (Fsp3) is 0.519. The Balaban J connectivity index is 1.49. The number of benzene rings is 2. The molecule has 1 saturated carbocycles. The van der Waals surface area contributed by atoms with Gasteiger partial charge in [-0.3, -0.25) is 4.79 Å². The van der Waals surface area contributed by atoms with Gasteiger partial charge in [0.15, 0.2) is 0 Å². The Bertz CT molecular complexity index is 1090. The van der Waals surface area contributed by atoms with E-state index < -0.39 is 16.1 Å². The van der Waals surface area contributed by atoms with Gasteiger partial charge in [-0.2, -0.15) is 4.31 Å². The number of aliphatic hydroxyl groups is 1. The average Bonchev–Trinajstić information content (AvgIpc) is 3.40. The number of morpholine rings is 1. The fourth-order valence-corrected chi connectivity index (χ4v) is 6.69. The predicted molar refractivity (Wildman–Crippen MR) is 136 cm³/mol. The smallest absolute Gasteiger partial charge is 0.248 e. The largest absolute Gasteiger partial charge is 0.497 e. The molecule has 4 rings (SSSR count). The van der Waals surface area contributed by atoms with Gasteiger partial charge in [-0.25, -0.2) is 8.42 Å². The summed E-state index contributed by atoms with van der Waals surface area (Å²) < 4.78 is 39.2. The van der Waals surface area contributed by atoms with E-state index >= 15 is 0 Å². The number of carbonyl (C=O) groups excluding carboxylic acids is 1. The van der Waals surface area contributed by atoms with Crippen LogP contribution < -0.4 is 4.74 Å². The van der Waals surface area contributed by atoms with Gasteiger partial charge in [-0.05, 0) is 55.0 Å². The van der Waals surface area contributed by atoms with E-state index in [1.807, 2.05) is 30.3 Å². The average molecular weight is 517 g/mol. The minimum absolute atomic E-state index is 0.0338. The minimum atomic E-state index is -3.84. The van der Waals surface area contributed by atoms with Crippen LogP contribution in [0.15, 0.2) is 59.5 Å². The Labute approximate surface area is 213 Å². The SMILES string of the molecule is COc1ccc(S(=O)(=O)N(CC(O)CN2C(=O)COC[C@@H]2Cc2ccccc2)CC2CCCC2)cc1. The Kier molecular flexibility index (Phi) is 9.00. The van der Waals surface area contributed by atoms with Gasteiger partial charge in [0.05, 0.1) is 30.8 Å². The first-order valence-corrected chi connectivity index (χ1v) is 14.0. The van der Waals surface area contributed by atoms with E-state index in [9.17, 15) is 18.3 Å². The second-order valence-corrected chi connectivity index (χ2v) is 11.6. The van der Waals surface area contributed by atoms with E-state index in [1.54, 1.807) is 17.0 Å². The minimum Gasteiger partial charge on any atom is -0.497 e. The second-order valence-electron chi connectivity index (χ2n) is 9.71. The van der Waals surface area contributed by atoms with Crippen LogP contribution in [0.3, 0.4) is 0 Å². The molecule has 0 aromatic heterocycles. The number of hydrogen-bond acceptors (Lipinski definition) is 6. The number of ether oxygens (including phenoxy) is 2. The molecule has 0 bridgehead atoms. The molecule has 2 atom stereocenters. The van der Waals surface area contributed by atoms with Gasteiger partial charge >= 0.3 is 0 Å². The Morgan fingerprint density at radius 2 is 1.81 bits per heavy atom. The van der Waals surface area contributed by atoms with Crippen molar-refractivity contribution in [3.8, 4) is 5.75 Å². The monoisotopic (exact) mass is 516 g/mol. The molecule has 0 spiro atoms. The number of aliphatic hydroxyl groups excluding tert-OH is 1. The molecule has 1 aliphatic heterocycles. The van der Waals surface area contributed by atoms with Crippen LogP contribution in [-0.2, 0) is 26.0 Å². The van der Waals surface area contributed by atoms with Crippen LogP contribution in [0.4, 0.5) is 0 Å². The number of sulfonamides is 1. The maximum Gasteiger partial charge on any atom is 0.248 e. The van der Waals surface area contributed by atoms with E-state index in [0.717, 1.165) is 31.2 Å². The molecule has 1 heterocycles. The Morgan fingerprint density at radius 1 is 1.11 bits per heavy atom. The summed E-state index contributed by atoms with van der Waals surface area (Å²) in [4.78, 5) is 14.5. The molecule has 2 aromatic carbocycles. The molecule has 1 amide bonds. The molecule has 196 valence electrons. The zero-order valence-electron chi connectivity index (χ0n) is 20.8. The summed E-state index contributed by atoms with van der Waals surface area (Å²) in [6, 6.07) is 15.9. The molecule has 1 aliphatic carbocycles. The summed E-state index contributed by atoms with van der Waals surface area (Å²) in [6.45, 7) is 0.680. The number of hydrogen-bond donors (Lipinski definition) is 1. The third kappa shape index (κ3) is 6.64. The second kappa shape index (κ2) is 12.2. The van der Waals surface area contributed by atoms with Gasteiger partial charge in [0.2, 0.25) is 15.9 Å². The van der Waals surface area contributed by atoms with E-state index in [1.165, 1.54) is 23.5 Å². The number of β-amino-alcohol motifs (C(OH)–C–C–N with tert-alkyl or cyclic N) is 1. The van der Waals surface area contributed by atoms with Crippen molar-refractivity contribution in [3.05, 3.63) is 60.2 Å². The van der Waals surface area contributed by atoms with E-state index in [0.29, 0.717) is 25.3 Å². The van der Waals surface area contributed by atoms with Crippen LogP contribution in [0, 0.1) is 5.92 Å². The quantitative estimate of drug-likeness (QED) is 0.493. The van der Waals surface area contributed by atoms with Crippen molar-refractivity contribution in [2.24, 2.45) is 5.92 Å². The highest BCUT2D eigenvalue weighted by Gasteiger charge is 2.34. The van der Waals surface area contributed by atoms with Gasteiger partial charge in [0.25, 0.3) is 0 Å². The van der Waals surface area contributed by atoms with Gasteiger partial charge in [0.1, 0.15) is 12.4 Å². The lowest BCUT2D eigenvalue weighted by atomic mass is 10.0. The molecule has 2 aromatic rings. The number of methoxy groups -OCH3 is 1. The normalized spacial score (nSPS) is 20.1. The van der Waals surface area contributed by atoms with E-state index in [2.05, 4.69) is 0 Å². The Hall–Kier alpha value is -2.46.